The molecule has 0 saturated carbocycles. The molecule has 3 aromatic rings. The third-order valence-electron chi connectivity index (χ3n) is 7.32. The Morgan fingerprint density at radius 2 is 1.82 bits per heavy atom. The number of amidine groups is 1. The van der Waals surface area contributed by atoms with Gasteiger partial charge in [0.2, 0.25) is 0 Å². The molecular weight excluding hydrogens is 524 g/mol. The van der Waals surface area contributed by atoms with Gasteiger partial charge in [0.1, 0.15) is 22.7 Å². The first kappa shape index (κ1) is 26.6. The normalized spacial score (nSPS) is 21.9. The number of nitrogen functional groups attached to an aromatic ring is 1. The molecule has 0 aromatic carbocycles. The van der Waals surface area contributed by atoms with Crippen LogP contribution < -0.4 is 11.5 Å². The quantitative estimate of drug-likeness (QED) is 0.254. The van der Waals surface area contributed by atoms with Crippen molar-refractivity contribution in [3.63, 3.8) is 0 Å². The number of nitrogens with zero attached hydrogens (tertiary/aromatic N) is 7. The van der Waals surface area contributed by atoms with Crippen molar-refractivity contribution < 1.29 is 18.3 Å². The van der Waals surface area contributed by atoms with Gasteiger partial charge in [0, 0.05) is 47.8 Å². The first-order valence-corrected chi connectivity index (χ1v) is 14.3. The third kappa shape index (κ3) is 4.61. The minimum absolute atomic E-state index is 0.0500. The van der Waals surface area contributed by atoms with Gasteiger partial charge >= 0.3 is 0 Å². The molecule has 2 aliphatic heterocycles. The molecule has 0 spiro atoms. The zero-order valence-corrected chi connectivity index (χ0v) is 22.6. The van der Waals surface area contributed by atoms with E-state index in [1.54, 1.807) is 31.1 Å². The fourth-order valence-corrected chi connectivity index (χ4v) is 6.71. The molecule has 14 nitrogen and oxygen atoms in total. The number of carbonyl (C=O) groups excluding carboxylic acids is 1. The summed E-state index contributed by atoms with van der Waals surface area (Å²) in [4.78, 5) is 31.5. The highest BCUT2D eigenvalue weighted by molar-refractivity contribution is 7.91. The van der Waals surface area contributed by atoms with Crippen LogP contribution in [-0.4, -0.2) is 79.4 Å². The molecule has 206 valence electrons. The van der Waals surface area contributed by atoms with Crippen LogP contribution in [-0.2, 0) is 20.2 Å². The fourth-order valence-electron chi connectivity index (χ4n) is 5.65. The molecule has 0 radical (unpaired) electrons. The van der Waals surface area contributed by atoms with Crippen molar-refractivity contribution in [2.45, 2.75) is 68.0 Å². The number of nitrogens with two attached hydrogens (primary N) is 2. The number of nitrogens with one attached hydrogen (secondary N) is 1. The Labute approximate surface area is 224 Å². The van der Waals surface area contributed by atoms with Gasteiger partial charge in [0.05, 0.1) is 11.9 Å². The van der Waals surface area contributed by atoms with Crippen LogP contribution in [0.25, 0.3) is 16.8 Å². The third-order valence-corrected chi connectivity index (χ3v) is 8.48. The van der Waals surface area contributed by atoms with Crippen LogP contribution in [0, 0.1) is 5.41 Å². The summed E-state index contributed by atoms with van der Waals surface area (Å²) in [7, 11) is -3.79. The van der Waals surface area contributed by atoms with Crippen LogP contribution in [0.4, 0.5) is 5.82 Å². The number of anilines is 1. The lowest BCUT2D eigenvalue weighted by atomic mass is 9.87. The SMILES string of the molecule is CC(C)(O)c1ncc(-c2cnn3c(N)c(S(C)(=O)=O)c(C4CC5CCC(C4)N5C(=O)C(N)=NC=N)nc23)cn1. The number of aromatic nitrogens is 5. The maximum absolute atomic E-state index is 13.0. The molecule has 5 rings (SSSR count). The predicted molar refractivity (Wildman–Crippen MR) is 143 cm³/mol. The summed E-state index contributed by atoms with van der Waals surface area (Å²) in [5.41, 5.74) is 12.8. The molecule has 2 aliphatic rings. The fraction of sp³-hybridized carbons (Fsp3) is 0.458. The maximum Gasteiger partial charge on any atom is 0.289 e. The summed E-state index contributed by atoms with van der Waals surface area (Å²) in [5.74, 6) is -0.767. The molecule has 2 bridgehead atoms. The Kier molecular flexibility index (Phi) is 6.37. The Morgan fingerprint density at radius 1 is 1.21 bits per heavy atom. The summed E-state index contributed by atoms with van der Waals surface area (Å²) >= 11 is 0. The second kappa shape index (κ2) is 9.34. The van der Waals surface area contributed by atoms with Gasteiger partial charge in [-0.1, -0.05) is 0 Å². The van der Waals surface area contributed by atoms with Gasteiger partial charge in [0.25, 0.3) is 5.91 Å². The van der Waals surface area contributed by atoms with Gasteiger partial charge in [-0.2, -0.15) is 9.61 Å². The average Bonchev–Trinajstić information content (AvgIpc) is 3.40. The van der Waals surface area contributed by atoms with Crippen molar-refractivity contribution in [3.05, 3.63) is 30.1 Å². The van der Waals surface area contributed by atoms with Gasteiger partial charge < -0.3 is 21.5 Å². The number of fused-ring (bicyclic) bond motifs is 3. The molecule has 2 unspecified atom stereocenters. The van der Waals surface area contributed by atoms with E-state index in [9.17, 15) is 18.3 Å². The van der Waals surface area contributed by atoms with Crippen molar-refractivity contribution in [1.29, 1.82) is 5.41 Å². The number of sulfone groups is 1. The standard InChI is InChI=1S/C24H30N10O4S/c1-24(2,36)23-28-8-13(9-29-23)16-10-31-34-20(27)18(39(3,37)38)17(32-21(16)34)12-6-14-4-5-15(7-12)33(14)22(35)19(26)30-11-25/h8-12,14-15,36H,4-7,27H2,1-3H3,(H3,25,26,30). The lowest BCUT2D eigenvalue weighted by Crippen LogP contribution is -2.50. The number of aliphatic imine (C=N–C) groups is 1. The molecule has 1 amide bonds. The van der Waals surface area contributed by atoms with E-state index in [0.29, 0.717) is 35.3 Å². The smallest absolute Gasteiger partial charge is 0.289 e. The van der Waals surface area contributed by atoms with Crippen molar-refractivity contribution in [1.82, 2.24) is 29.5 Å². The average molecular weight is 555 g/mol. The van der Waals surface area contributed by atoms with E-state index >= 15 is 0 Å². The van der Waals surface area contributed by atoms with Crippen LogP contribution >= 0.6 is 0 Å². The Hall–Kier alpha value is -3.98. The van der Waals surface area contributed by atoms with E-state index in [1.165, 1.54) is 10.7 Å². The van der Waals surface area contributed by atoms with Crippen LogP contribution in [0.3, 0.4) is 0 Å². The minimum atomic E-state index is -3.79. The summed E-state index contributed by atoms with van der Waals surface area (Å²) in [6, 6.07) is -0.362. The van der Waals surface area contributed by atoms with E-state index in [1.807, 2.05) is 0 Å². The number of amides is 1. The molecule has 0 aliphatic carbocycles. The van der Waals surface area contributed by atoms with Crippen molar-refractivity contribution in [3.8, 4) is 11.1 Å². The Balaban J connectivity index is 1.59. The van der Waals surface area contributed by atoms with E-state index in [2.05, 4.69) is 20.1 Å². The predicted octanol–water partition coefficient (Wildman–Crippen LogP) is 0.601. The Morgan fingerprint density at radius 3 is 2.36 bits per heavy atom. The molecule has 6 N–H and O–H groups in total. The molecule has 3 aromatic heterocycles. The van der Waals surface area contributed by atoms with Crippen molar-refractivity contribution in [2.75, 3.05) is 12.0 Å². The van der Waals surface area contributed by atoms with Gasteiger partial charge in [-0.25, -0.2) is 28.4 Å². The van der Waals surface area contributed by atoms with Crippen molar-refractivity contribution in [2.24, 2.45) is 10.7 Å². The minimum Gasteiger partial charge on any atom is -0.382 e. The zero-order valence-electron chi connectivity index (χ0n) is 21.7. The molecule has 2 saturated heterocycles. The first-order chi connectivity index (χ1) is 18.3. The summed E-state index contributed by atoms with van der Waals surface area (Å²) < 4.78 is 27.2. The molecule has 2 atom stereocenters. The maximum atomic E-state index is 13.0. The Bertz CT molecular complexity index is 1590. The summed E-state index contributed by atoms with van der Waals surface area (Å²) in [6.45, 7) is 3.17. The number of hydrogen-bond donors (Lipinski definition) is 4. The number of carbonyl (C=O) groups is 1. The number of aliphatic hydroxyl groups is 1. The largest absolute Gasteiger partial charge is 0.382 e. The van der Waals surface area contributed by atoms with Gasteiger partial charge in [-0.05, 0) is 39.5 Å². The zero-order chi connectivity index (χ0) is 28.3. The topological polar surface area (TPSA) is 219 Å². The molecule has 15 heteroatoms. The second-order valence-electron chi connectivity index (χ2n) is 10.5. The van der Waals surface area contributed by atoms with E-state index < -0.39 is 21.3 Å². The molecule has 2 fully saturated rings. The van der Waals surface area contributed by atoms with Crippen LogP contribution in [0.15, 0.2) is 28.5 Å². The summed E-state index contributed by atoms with van der Waals surface area (Å²) in [6.07, 6.45) is 8.84. The van der Waals surface area contributed by atoms with Crippen LogP contribution in [0.1, 0.15) is 57.0 Å². The van der Waals surface area contributed by atoms with Gasteiger partial charge in [-0.3, -0.25) is 10.2 Å². The monoisotopic (exact) mass is 554 g/mol. The first-order valence-electron chi connectivity index (χ1n) is 12.4. The van der Waals surface area contributed by atoms with E-state index in [-0.39, 0.29) is 40.4 Å². The van der Waals surface area contributed by atoms with Crippen LogP contribution in [0.2, 0.25) is 0 Å². The van der Waals surface area contributed by atoms with Gasteiger partial charge in [-0.15, -0.1) is 0 Å². The van der Waals surface area contributed by atoms with E-state index in [0.717, 1.165) is 25.4 Å². The lowest BCUT2D eigenvalue weighted by Gasteiger charge is -2.39. The second-order valence-corrected chi connectivity index (χ2v) is 12.5. The van der Waals surface area contributed by atoms with Crippen LogP contribution in [0.5, 0.6) is 0 Å². The van der Waals surface area contributed by atoms with Crippen molar-refractivity contribution >= 4 is 39.4 Å². The molecule has 39 heavy (non-hydrogen) atoms. The molecular formula is C24H30N10O4S. The van der Waals surface area contributed by atoms with Gasteiger partial charge in [0.15, 0.2) is 27.1 Å². The highest BCUT2D eigenvalue weighted by Gasteiger charge is 2.46. The highest BCUT2D eigenvalue weighted by atomic mass is 32.2. The summed E-state index contributed by atoms with van der Waals surface area (Å²) in [5, 5.41) is 21.6. The lowest BCUT2D eigenvalue weighted by molar-refractivity contribution is -0.128. The van der Waals surface area contributed by atoms with E-state index in [4.69, 9.17) is 21.9 Å². The number of hydrogen-bond acceptors (Lipinski definition) is 10. The number of piperidine rings is 1. The number of rotatable bonds is 5. The highest BCUT2D eigenvalue weighted by Crippen LogP contribution is 2.45. The molecule has 5 heterocycles.